The Morgan fingerprint density at radius 3 is 2.15 bits per heavy atom. The topological polar surface area (TPSA) is 80.3 Å². The molecule has 6 nitrogen and oxygen atoms in total. The molecule has 0 fully saturated rings. The molecule has 3 aromatic carbocycles. The first-order valence-corrected chi connectivity index (χ1v) is 18.6. The summed E-state index contributed by atoms with van der Waals surface area (Å²) >= 11 is 1.64. The van der Waals surface area contributed by atoms with E-state index in [-0.39, 0.29) is 17.2 Å². The number of rotatable bonds is 11. The zero-order valence-electron chi connectivity index (χ0n) is 28.5. The standard InChI is InChI=1S/C40H43N3O3SSi/c1-27-31(26-46-48(32-13-9-7-10-14-32)33-15-11-8-12-16-33)23-35(28(2)39(27)40(4,5)6)34-21-22-47-36(34)25-42-38(45)20-18-30-17-19-37(41-24-30)43-29(3)44/h7-24,48H,25-26H2,1-6H3,(H,42,45)(H,41,43,44). The summed E-state index contributed by atoms with van der Waals surface area (Å²) in [7, 11) is -1.93. The van der Waals surface area contributed by atoms with Gasteiger partial charge in [0.1, 0.15) is 5.82 Å². The van der Waals surface area contributed by atoms with E-state index in [1.54, 1.807) is 35.7 Å². The molecule has 0 unspecified atom stereocenters. The van der Waals surface area contributed by atoms with Crippen molar-refractivity contribution in [3.8, 4) is 11.1 Å². The summed E-state index contributed by atoms with van der Waals surface area (Å²) in [5, 5.41) is 10.3. The second-order valence-electron chi connectivity index (χ2n) is 12.9. The summed E-state index contributed by atoms with van der Waals surface area (Å²) in [5.41, 5.74) is 8.04. The summed E-state index contributed by atoms with van der Waals surface area (Å²) in [6.07, 6.45) is 4.83. The Morgan fingerprint density at radius 1 is 0.896 bits per heavy atom. The fraction of sp³-hybridized carbons (Fsp3) is 0.225. The molecule has 8 heteroatoms. The van der Waals surface area contributed by atoms with Crippen molar-refractivity contribution in [1.82, 2.24) is 10.3 Å². The van der Waals surface area contributed by atoms with Crippen molar-refractivity contribution in [3.63, 3.8) is 0 Å². The SMILES string of the molecule is CC(=O)Nc1ccc(C=CC(=O)NCc2sccc2-c2cc(CO[SiH](c3ccccc3)c3ccccc3)c(C)c(C(C)(C)C)c2C)cn1. The monoisotopic (exact) mass is 673 g/mol. The van der Waals surface area contributed by atoms with Crippen LogP contribution in [-0.2, 0) is 32.6 Å². The van der Waals surface area contributed by atoms with Gasteiger partial charge in [-0.25, -0.2) is 4.98 Å². The molecule has 0 saturated carbocycles. The first-order valence-electron chi connectivity index (χ1n) is 16.1. The van der Waals surface area contributed by atoms with E-state index in [9.17, 15) is 9.59 Å². The molecule has 0 atom stereocenters. The first-order chi connectivity index (χ1) is 23.0. The number of thiophene rings is 1. The Hall–Kier alpha value is -4.63. The van der Waals surface area contributed by atoms with Gasteiger partial charge in [0.05, 0.1) is 13.2 Å². The molecular formula is C40H43N3O3SSi. The second-order valence-corrected chi connectivity index (χ2v) is 16.4. The third kappa shape index (κ3) is 8.63. The number of carbonyl (C=O) groups excluding carboxylic acids is 2. The minimum Gasteiger partial charge on any atom is -0.407 e. The maximum atomic E-state index is 12.8. The van der Waals surface area contributed by atoms with Gasteiger partial charge in [-0.2, -0.15) is 0 Å². The van der Waals surface area contributed by atoms with E-state index in [0.29, 0.717) is 19.0 Å². The van der Waals surface area contributed by atoms with Gasteiger partial charge in [-0.3, -0.25) is 9.59 Å². The van der Waals surface area contributed by atoms with E-state index < -0.39 is 9.04 Å². The quantitative estimate of drug-likeness (QED) is 0.116. The molecule has 2 N–H and O–H groups in total. The lowest BCUT2D eigenvalue weighted by Gasteiger charge is -2.29. The van der Waals surface area contributed by atoms with Gasteiger partial charge in [-0.15, -0.1) is 11.3 Å². The molecular weight excluding hydrogens is 631 g/mol. The minimum absolute atomic E-state index is 0.0704. The Bertz CT molecular complexity index is 1860. The van der Waals surface area contributed by atoms with E-state index in [1.165, 1.54) is 51.2 Å². The summed E-state index contributed by atoms with van der Waals surface area (Å²) in [4.78, 5) is 29.4. The van der Waals surface area contributed by atoms with Crippen LogP contribution in [0.3, 0.4) is 0 Å². The lowest BCUT2D eigenvalue weighted by atomic mass is 9.77. The number of nitrogens with zero attached hydrogens (tertiary/aromatic N) is 1. The lowest BCUT2D eigenvalue weighted by Crippen LogP contribution is -2.44. The lowest BCUT2D eigenvalue weighted by molar-refractivity contribution is -0.116. The summed E-state index contributed by atoms with van der Waals surface area (Å²) < 4.78 is 6.91. The molecule has 2 amide bonds. The first kappa shape index (κ1) is 34.7. The van der Waals surface area contributed by atoms with E-state index in [0.717, 1.165) is 16.0 Å². The molecule has 5 rings (SSSR count). The molecule has 5 aromatic rings. The molecule has 0 bridgehead atoms. The zero-order chi connectivity index (χ0) is 34.3. The van der Waals surface area contributed by atoms with Crippen molar-refractivity contribution in [2.75, 3.05) is 5.32 Å². The van der Waals surface area contributed by atoms with Crippen LogP contribution < -0.4 is 21.0 Å². The number of anilines is 1. The molecule has 48 heavy (non-hydrogen) atoms. The highest BCUT2D eigenvalue weighted by Gasteiger charge is 2.26. The zero-order valence-corrected chi connectivity index (χ0v) is 30.4. The van der Waals surface area contributed by atoms with E-state index in [4.69, 9.17) is 4.43 Å². The fourth-order valence-corrected chi connectivity index (χ4v) is 9.30. The summed E-state index contributed by atoms with van der Waals surface area (Å²) in [6.45, 7) is 13.6. The van der Waals surface area contributed by atoms with Gasteiger partial charge in [-0.1, -0.05) is 81.4 Å². The van der Waals surface area contributed by atoms with Crippen molar-refractivity contribution in [2.24, 2.45) is 0 Å². The van der Waals surface area contributed by atoms with E-state index in [2.05, 4.69) is 128 Å². The normalized spacial score (nSPS) is 11.6. The van der Waals surface area contributed by atoms with Gasteiger partial charge in [0.15, 0.2) is 0 Å². The maximum absolute atomic E-state index is 12.8. The molecule has 0 spiro atoms. The van der Waals surface area contributed by atoms with Crippen molar-refractivity contribution in [1.29, 1.82) is 0 Å². The molecule has 246 valence electrons. The average Bonchev–Trinajstić information content (AvgIpc) is 3.53. The predicted octanol–water partition coefficient (Wildman–Crippen LogP) is 7.07. The Balaban J connectivity index is 1.39. The average molecular weight is 674 g/mol. The van der Waals surface area contributed by atoms with Gasteiger partial charge in [0, 0.05) is 24.1 Å². The van der Waals surface area contributed by atoms with Crippen LogP contribution in [0.5, 0.6) is 0 Å². The Labute approximate surface area is 289 Å². The smallest absolute Gasteiger partial charge is 0.244 e. The van der Waals surface area contributed by atoms with Crippen LogP contribution in [0.1, 0.15) is 60.4 Å². The van der Waals surface area contributed by atoms with Crippen LogP contribution >= 0.6 is 11.3 Å². The van der Waals surface area contributed by atoms with Crippen molar-refractivity contribution >= 4 is 54.5 Å². The number of amides is 2. The number of nitrogens with one attached hydrogen (secondary N) is 2. The van der Waals surface area contributed by atoms with Gasteiger partial charge >= 0.3 is 0 Å². The van der Waals surface area contributed by atoms with Crippen molar-refractivity contribution in [2.45, 2.75) is 60.1 Å². The van der Waals surface area contributed by atoms with Gasteiger partial charge in [0.25, 0.3) is 0 Å². The van der Waals surface area contributed by atoms with Gasteiger partial charge in [-0.05, 0) is 104 Å². The Kier molecular flexibility index (Phi) is 11.2. The van der Waals surface area contributed by atoms with Gasteiger partial charge in [0.2, 0.25) is 20.9 Å². The molecule has 0 radical (unpaired) electrons. The number of hydrogen-bond donors (Lipinski definition) is 2. The van der Waals surface area contributed by atoms with Gasteiger partial charge < -0.3 is 15.1 Å². The largest absolute Gasteiger partial charge is 0.407 e. The number of aromatic nitrogens is 1. The maximum Gasteiger partial charge on any atom is 0.244 e. The van der Waals surface area contributed by atoms with Crippen LogP contribution in [-0.4, -0.2) is 25.8 Å². The highest BCUT2D eigenvalue weighted by molar-refractivity contribution is 7.10. The number of carbonyl (C=O) groups is 2. The Morgan fingerprint density at radius 2 is 1.56 bits per heavy atom. The number of hydrogen-bond acceptors (Lipinski definition) is 5. The van der Waals surface area contributed by atoms with E-state index >= 15 is 0 Å². The molecule has 0 aliphatic carbocycles. The second kappa shape index (κ2) is 15.5. The summed E-state index contributed by atoms with van der Waals surface area (Å²) in [5.74, 6) is 0.0992. The number of benzene rings is 3. The third-order valence-corrected chi connectivity index (χ3v) is 11.7. The van der Waals surface area contributed by atoms with Crippen LogP contribution in [0.25, 0.3) is 17.2 Å². The van der Waals surface area contributed by atoms with Crippen LogP contribution in [0, 0.1) is 13.8 Å². The molecule has 0 aliphatic rings. The predicted molar refractivity (Wildman–Crippen MR) is 201 cm³/mol. The fourth-order valence-electron chi connectivity index (χ4n) is 6.21. The summed E-state index contributed by atoms with van der Waals surface area (Å²) in [6, 6.07) is 29.1. The van der Waals surface area contributed by atoms with Crippen molar-refractivity contribution < 1.29 is 14.0 Å². The minimum atomic E-state index is -1.93. The van der Waals surface area contributed by atoms with Crippen molar-refractivity contribution in [3.05, 3.63) is 135 Å². The van der Waals surface area contributed by atoms with Crippen LogP contribution in [0.15, 0.2) is 103 Å². The molecule has 0 saturated heterocycles. The van der Waals surface area contributed by atoms with E-state index in [1.807, 2.05) is 0 Å². The number of pyridine rings is 1. The highest BCUT2D eigenvalue weighted by Crippen LogP contribution is 2.39. The van der Waals surface area contributed by atoms with Crippen LogP contribution in [0.4, 0.5) is 5.82 Å². The molecule has 2 heterocycles. The van der Waals surface area contributed by atoms with Crippen LogP contribution in [0.2, 0.25) is 0 Å². The molecule has 2 aromatic heterocycles. The highest BCUT2D eigenvalue weighted by atomic mass is 32.1. The molecule has 0 aliphatic heterocycles. The third-order valence-electron chi connectivity index (χ3n) is 8.29.